The van der Waals surface area contributed by atoms with E-state index in [-0.39, 0.29) is 5.91 Å². The quantitative estimate of drug-likeness (QED) is 0.442. The molecule has 2 aliphatic heterocycles. The predicted octanol–water partition coefficient (Wildman–Crippen LogP) is 1.93. The summed E-state index contributed by atoms with van der Waals surface area (Å²) < 4.78 is 5.38. The molecule has 0 unspecified atom stereocenters. The number of nitrogens with one attached hydrogen (secondary N) is 3. The second kappa shape index (κ2) is 10.1. The van der Waals surface area contributed by atoms with E-state index in [0.717, 1.165) is 75.4 Å². The van der Waals surface area contributed by atoms with Gasteiger partial charge in [-0.25, -0.2) is 4.99 Å². The Hall–Kier alpha value is -3.04. The highest BCUT2D eigenvalue weighted by atomic mass is 16.5. The first kappa shape index (κ1) is 22.7. The smallest absolute Gasteiger partial charge is 0.251 e. The number of rotatable bonds is 6. The summed E-state index contributed by atoms with van der Waals surface area (Å²) >= 11 is 0. The van der Waals surface area contributed by atoms with Crippen molar-refractivity contribution in [3.8, 4) is 0 Å². The van der Waals surface area contributed by atoms with Gasteiger partial charge in [0.1, 0.15) is 5.71 Å². The third kappa shape index (κ3) is 5.53. The first-order chi connectivity index (χ1) is 16.6. The van der Waals surface area contributed by atoms with Crippen LogP contribution in [0.3, 0.4) is 0 Å². The number of hydrogen-bond acceptors (Lipinski definition) is 5. The van der Waals surface area contributed by atoms with E-state index in [1.54, 1.807) is 7.05 Å². The maximum Gasteiger partial charge on any atom is 0.251 e. The highest BCUT2D eigenvalue weighted by Crippen LogP contribution is 2.32. The lowest BCUT2D eigenvalue weighted by atomic mass is 9.94. The van der Waals surface area contributed by atoms with Gasteiger partial charge in [0.05, 0.1) is 19.3 Å². The zero-order valence-electron chi connectivity index (χ0n) is 19.8. The Kier molecular flexibility index (Phi) is 6.73. The molecule has 2 heterocycles. The van der Waals surface area contributed by atoms with Crippen molar-refractivity contribution >= 4 is 34.7 Å². The van der Waals surface area contributed by atoms with Crippen molar-refractivity contribution in [3.63, 3.8) is 0 Å². The van der Waals surface area contributed by atoms with Crippen LogP contribution in [-0.2, 0) is 4.74 Å². The summed E-state index contributed by atoms with van der Waals surface area (Å²) in [7, 11) is 1.74. The van der Waals surface area contributed by atoms with Crippen LogP contribution in [0.25, 0.3) is 5.57 Å². The van der Waals surface area contributed by atoms with Gasteiger partial charge in [-0.3, -0.25) is 19.7 Å². The van der Waals surface area contributed by atoms with Crippen molar-refractivity contribution in [2.45, 2.75) is 37.8 Å². The fourth-order valence-corrected chi connectivity index (χ4v) is 4.03. The van der Waals surface area contributed by atoms with Crippen LogP contribution in [0, 0.1) is 0 Å². The van der Waals surface area contributed by atoms with Gasteiger partial charge in [0.2, 0.25) is 5.96 Å². The minimum absolute atomic E-state index is 0.0855. The molecule has 34 heavy (non-hydrogen) atoms. The van der Waals surface area contributed by atoms with Crippen LogP contribution >= 0.6 is 0 Å². The van der Waals surface area contributed by atoms with Gasteiger partial charge in [-0.1, -0.05) is 12.6 Å². The summed E-state index contributed by atoms with van der Waals surface area (Å²) in [6, 6.07) is 6.41. The van der Waals surface area contributed by atoms with Gasteiger partial charge in [-0.2, -0.15) is 0 Å². The second-order valence-electron chi connectivity index (χ2n) is 9.21. The largest absolute Gasteiger partial charge is 0.379 e. The zero-order valence-corrected chi connectivity index (χ0v) is 19.8. The maximum atomic E-state index is 12.8. The summed E-state index contributed by atoms with van der Waals surface area (Å²) in [6.45, 7) is 9.09. The molecule has 0 spiro atoms. The lowest BCUT2D eigenvalue weighted by molar-refractivity contribution is 0.0383. The van der Waals surface area contributed by atoms with Crippen molar-refractivity contribution in [3.05, 3.63) is 35.9 Å². The first-order valence-electron chi connectivity index (χ1n) is 12.2. The molecule has 0 bridgehead atoms. The average Bonchev–Trinajstić information content (AvgIpc) is 3.78. The number of carbonyl (C=O) groups is 1. The number of fused-ring (bicyclic) bond motifs is 1. The lowest BCUT2D eigenvalue weighted by Gasteiger charge is -2.26. The molecule has 3 N–H and O–H groups in total. The van der Waals surface area contributed by atoms with E-state index in [4.69, 9.17) is 14.7 Å². The molecule has 4 aliphatic rings. The van der Waals surface area contributed by atoms with Crippen molar-refractivity contribution in [2.24, 2.45) is 15.0 Å². The summed E-state index contributed by atoms with van der Waals surface area (Å²) in [5, 5.41) is 9.82. The average molecular weight is 464 g/mol. The molecule has 1 aromatic rings. The number of amidine groups is 1. The van der Waals surface area contributed by atoms with Crippen LogP contribution < -0.4 is 16.0 Å². The predicted molar refractivity (Wildman–Crippen MR) is 136 cm³/mol. The summed E-state index contributed by atoms with van der Waals surface area (Å²) in [6.07, 6.45) is 4.45. The molecule has 9 nitrogen and oxygen atoms in total. The molecule has 0 radical (unpaired) electrons. The third-order valence-corrected chi connectivity index (χ3v) is 6.39. The molecule has 1 saturated heterocycles. The molecule has 1 amide bonds. The SMILES string of the molecule is C=C1C(=NC(=NC)NC2CC2)C(=NC2CC2)Nc2cc(C(=O)NCCN3CCOCC3)ccc21. The van der Waals surface area contributed by atoms with E-state index >= 15 is 0 Å². The number of nitrogens with zero attached hydrogens (tertiary/aromatic N) is 4. The Balaban J connectivity index is 1.32. The highest BCUT2D eigenvalue weighted by molar-refractivity contribution is 6.63. The van der Waals surface area contributed by atoms with E-state index in [0.29, 0.717) is 41.7 Å². The van der Waals surface area contributed by atoms with Crippen LogP contribution in [0.4, 0.5) is 5.69 Å². The van der Waals surface area contributed by atoms with Crippen LogP contribution in [0.2, 0.25) is 0 Å². The Morgan fingerprint density at radius 1 is 1.24 bits per heavy atom. The molecular formula is C25H33N7O2. The fourth-order valence-electron chi connectivity index (χ4n) is 4.03. The number of aliphatic imine (C=N–C) groups is 3. The third-order valence-electron chi connectivity index (χ3n) is 6.39. The molecule has 0 atom stereocenters. The lowest BCUT2D eigenvalue weighted by Crippen LogP contribution is -2.41. The number of ether oxygens (including phenoxy) is 1. The van der Waals surface area contributed by atoms with Crippen LogP contribution in [0.5, 0.6) is 0 Å². The van der Waals surface area contributed by atoms with Crippen molar-refractivity contribution in [2.75, 3.05) is 51.8 Å². The van der Waals surface area contributed by atoms with Gasteiger partial charge in [-0.05, 0) is 37.8 Å². The standard InChI is InChI=1S/C25H33N7O2/c1-16-20-8-3-17(24(33)27-9-10-32-11-13-34-14-12-32)15-21(20)30-23(28-18-4-5-18)22(16)31-25(26-2)29-19-6-7-19/h3,8,15,18-19H,1,4-7,9-14H2,2H3,(H,26,29)(H,27,33)(H,28,30). The maximum absolute atomic E-state index is 12.8. The highest BCUT2D eigenvalue weighted by Gasteiger charge is 2.30. The van der Waals surface area contributed by atoms with E-state index < -0.39 is 0 Å². The number of anilines is 1. The minimum Gasteiger partial charge on any atom is -0.379 e. The number of hydrogen-bond donors (Lipinski definition) is 3. The Bertz CT molecular complexity index is 1050. The fraction of sp³-hybridized carbons (Fsp3) is 0.520. The van der Waals surface area contributed by atoms with E-state index in [9.17, 15) is 4.79 Å². The molecule has 3 fully saturated rings. The van der Waals surface area contributed by atoms with Gasteiger partial charge >= 0.3 is 0 Å². The van der Waals surface area contributed by atoms with Gasteiger partial charge < -0.3 is 20.7 Å². The van der Waals surface area contributed by atoms with E-state index in [1.165, 1.54) is 0 Å². The van der Waals surface area contributed by atoms with Crippen LogP contribution in [0.1, 0.15) is 41.6 Å². The molecule has 0 aromatic heterocycles. The molecule has 5 rings (SSSR count). The van der Waals surface area contributed by atoms with Crippen molar-refractivity contribution in [1.29, 1.82) is 0 Å². The number of amides is 1. The Morgan fingerprint density at radius 3 is 2.74 bits per heavy atom. The second-order valence-corrected chi connectivity index (χ2v) is 9.21. The minimum atomic E-state index is -0.0855. The van der Waals surface area contributed by atoms with Gasteiger partial charge in [0.25, 0.3) is 5.91 Å². The monoisotopic (exact) mass is 463 g/mol. The summed E-state index contributed by atoms with van der Waals surface area (Å²) in [4.78, 5) is 29.1. The Morgan fingerprint density at radius 2 is 2.03 bits per heavy atom. The first-order valence-corrected chi connectivity index (χ1v) is 12.2. The molecule has 2 aliphatic carbocycles. The van der Waals surface area contributed by atoms with Crippen molar-refractivity contribution in [1.82, 2.24) is 15.5 Å². The number of morpholine rings is 1. The Labute approximate surface area is 200 Å². The van der Waals surface area contributed by atoms with Gasteiger partial charge in [-0.15, -0.1) is 0 Å². The van der Waals surface area contributed by atoms with Crippen LogP contribution in [0.15, 0.2) is 39.8 Å². The van der Waals surface area contributed by atoms with E-state index in [1.807, 2.05) is 18.2 Å². The number of benzene rings is 1. The zero-order chi connectivity index (χ0) is 23.5. The molecule has 1 aromatic carbocycles. The number of guanidine groups is 1. The molecular weight excluding hydrogens is 430 g/mol. The van der Waals surface area contributed by atoms with Crippen molar-refractivity contribution < 1.29 is 9.53 Å². The normalized spacial score (nSPS) is 23.6. The van der Waals surface area contributed by atoms with Gasteiger partial charge in [0.15, 0.2) is 5.84 Å². The van der Waals surface area contributed by atoms with E-state index in [2.05, 4.69) is 32.4 Å². The molecule has 9 heteroatoms. The molecule has 2 saturated carbocycles. The molecule has 180 valence electrons. The topological polar surface area (TPSA) is 103 Å². The van der Waals surface area contributed by atoms with Gasteiger partial charge in [0, 0.05) is 61.7 Å². The number of carbonyl (C=O) groups excluding carboxylic acids is 1. The summed E-state index contributed by atoms with van der Waals surface area (Å²) in [5.41, 5.74) is 3.84. The summed E-state index contributed by atoms with van der Waals surface area (Å²) in [5.74, 6) is 1.21. The van der Waals surface area contributed by atoms with Crippen LogP contribution in [-0.4, -0.2) is 86.8 Å².